The molecule has 0 radical (unpaired) electrons. The quantitative estimate of drug-likeness (QED) is 0.239. The highest BCUT2D eigenvalue weighted by atomic mass is 28.2. The summed E-state index contributed by atoms with van der Waals surface area (Å²) in [5.74, 6) is -0.292. The predicted molar refractivity (Wildman–Crippen MR) is 155 cm³/mol. The van der Waals surface area contributed by atoms with Gasteiger partial charge in [0, 0.05) is 43.2 Å². The maximum absolute atomic E-state index is 13.8. The molecule has 0 spiro atoms. The number of hydrogen-bond acceptors (Lipinski definition) is 8. The molecule has 2 N–H and O–H groups in total. The van der Waals surface area contributed by atoms with Gasteiger partial charge in [-0.1, -0.05) is 34.6 Å². The van der Waals surface area contributed by atoms with Crippen LogP contribution in [0.25, 0.3) is 0 Å². The van der Waals surface area contributed by atoms with Gasteiger partial charge in [-0.15, -0.1) is 0 Å². The summed E-state index contributed by atoms with van der Waals surface area (Å²) in [4.78, 5) is 38.2. The molecule has 12 heteroatoms. The van der Waals surface area contributed by atoms with Gasteiger partial charge in [-0.3, -0.25) is 15.0 Å². The van der Waals surface area contributed by atoms with E-state index in [1.807, 2.05) is 0 Å². The molecule has 3 atom stereocenters. The third-order valence-electron chi connectivity index (χ3n) is 7.84. The van der Waals surface area contributed by atoms with Gasteiger partial charge < -0.3 is 24.3 Å². The van der Waals surface area contributed by atoms with E-state index in [4.69, 9.17) is 13.9 Å². The van der Waals surface area contributed by atoms with Crippen LogP contribution in [0.15, 0.2) is 24.3 Å². The van der Waals surface area contributed by atoms with Gasteiger partial charge in [0.15, 0.2) is 0 Å². The molecule has 2 amide bonds. The Labute approximate surface area is 240 Å². The number of aliphatic hydroxyl groups excluding tert-OH is 1. The molecule has 1 fully saturated rings. The van der Waals surface area contributed by atoms with Crippen molar-refractivity contribution < 1.29 is 33.5 Å². The molecule has 1 saturated heterocycles. The van der Waals surface area contributed by atoms with E-state index in [0.29, 0.717) is 35.4 Å². The number of carbonyl (C=O) groups is 2. The van der Waals surface area contributed by atoms with Crippen molar-refractivity contribution in [3.63, 3.8) is 0 Å². The molecule has 40 heavy (non-hydrogen) atoms. The Bertz CT molecular complexity index is 1040. The molecule has 2 rings (SSSR count). The van der Waals surface area contributed by atoms with Crippen molar-refractivity contribution in [2.45, 2.75) is 86.2 Å². The summed E-state index contributed by atoms with van der Waals surface area (Å²) in [6, 6.07) is 5.87. The van der Waals surface area contributed by atoms with E-state index >= 15 is 0 Å². The summed E-state index contributed by atoms with van der Waals surface area (Å²) in [5.41, 5.74) is -1.87. The lowest BCUT2D eigenvalue weighted by molar-refractivity contribution is -0.384. The summed E-state index contributed by atoms with van der Waals surface area (Å²) >= 11 is 0. The highest BCUT2D eigenvalue weighted by Gasteiger charge is 2.66. The molecule has 1 aliphatic rings. The standard InChI is InChI=1S/C28H47N3O8Si/c1-25(2,3)22-17-30(24(34)37-18-19-9-11-21(12-10-19)31(35)36)28(39-40,27(22,7)8)20(14-16-32)13-15-29-23(33)38-26(4,5)6/h9-12,20,22,32H,13-18H2,1-8,40H3,(H,29,33)/t20?,22-,28+/m1/s1. The lowest BCUT2D eigenvalue weighted by Gasteiger charge is -2.52. The number of likely N-dealkylation sites (tertiary alicyclic amines) is 1. The third kappa shape index (κ3) is 7.52. The minimum Gasteiger partial charge on any atom is -0.444 e. The number of carbonyl (C=O) groups excluding carboxylic acids is 2. The van der Waals surface area contributed by atoms with Crippen LogP contribution in [0, 0.1) is 32.8 Å². The van der Waals surface area contributed by atoms with Crippen LogP contribution in [0.3, 0.4) is 0 Å². The van der Waals surface area contributed by atoms with Crippen molar-refractivity contribution in [2.75, 3.05) is 19.7 Å². The lowest BCUT2D eigenvalue weighted by Crippen LogP contribution is -2.62. The van der Waals surface area contributed by atoms with Gasteiger partial charge in [0.2, 0.25) is 0 Å². The zero-order valence-electron chi connectivity index (χ0n) is 25.4. The minimum absolute atomic E-state index is 0.0286. The van der Waals surface area contributed by atoms with E-state index in [1.54, 1.807) is 37.8 Å². The Morgan fingerprint density at radius 1 is 1.18 bits per heavy atom. The van der Waals surface area contributed by atoms with E-state index in [-0.39, 0.29) is 42.7 Å². The van der Waals surface area contributed by atoms with Crippen molar-refractivity contribution >= 4 is 28.4 Å². The Kier molecular flexibility index (Phi) is 10.8. The number of alkyl carbamates (subject to hydrolysis) is 1. The van der Waals surface area contributed by atoms with Crippen LogP contribution in [-0.4, -0.2) is 68.6 Å². The van der Waals surface area contributed by atoms with Gasteiger partial charge in [-0.25, -0.2) is 9.59 Å². The molecular weight excluding hydrogens is 534 g/mol. The van der Waals surface area contributed by atoms with Crippen LogP contribution in [0.5, 0.6) is 0 Å². The first-order chi connectivity index (χ1) is 18.4. The predicted octanol–water partition coefficient (Wildman–Crippen LogP) is 4.14. The Balaban J connectivity index is 2.38. The Hall–Kier alpha value is -2.70. The van der Waals surface area contributed by atoms with E-state index in [2.05, 4.69) is 39.9 Å². The van der Waals surface area contributed by atoms with Crippen molar-refractivity contribution in [2.24, 2.45) is 22.7 Å². The second-order valence-corrected chi connectivity index (χ2v) is 13.5. The smallest absolute Gasteiger partial charge is 0.412 e. The normalized spacial score (nSPS) is 21.6. The molecule has 0 saturated carbocycles. The molecule has 1 aromatic carbocycles. The van der Waals surface area contributed by atoms with Gasteiger partial charge in [-0.05, 0) is 62.6 Å². The second kappa shape index (κ2) is 12.9. The first kappa shape index (κ1) is 33.5. The van der Waals surface area contributed by atoms with Gasteiger partial charge >= 0.3 is 12.2 Å². The molecule has 226 valence electrons. The molecule has 0 bridgehead atoms. The van der Waals surface area contributed by atoms with Crippen LogP contribution < -0.4 is 5.32 Å². The van der Waals surface area contributed by atoms with Gasteiger partial charge in [0.05, 0.1) is 4.92 Å². The molecule has 1 heterocycles. The molecule has 1 aliphatic heterocycles. The molecule has 0 aromatic heterocycles. The number of nitro benzene ring substituents is 1. The van der Waals surface area contributed by atoms with E-state index < -0.39 is 33.9 Å². The SMILES string of the molecule is CC(C)(C)OC(=O)NCCC(CCO)[C@@]1(O[SiH3])N(C(=O)OCc2ccc([N+](=O)[O-])cc2)C[C@H](C(C)(C)C)C1(C)C. The van der Waals surface area contributed by atoms with Crippen molar-refractivity contribution in [3.05, 3.63) is 39.9 Å². The third-order valence-corrected chi connectivity index (χ3v) is 8.46. The molecule has 0 aliphatic carbocycles. The van der Waals surface area contributed by atoms with Crippen LogP contribution in [0.4, 0.5) is 15.3 Å². The number of ether oxygens (including phenoxy) is 2. The Morgan fingerprint density at radius 2 is 1.77 bits per heavy atom. The first-order valence-electron chi connectivity index (χ1n) is 13.7. The molecule has 1 unspecified atom stereocenters. The van der Waals surface area contributed by atoms with E-state index in [0.717, 1.165) is 0 Å². The van der Waals surface area contributed by atoms with Crippen LogP contribution in [-0.2, 0) is 20.5 Å². The first-order valence-corrected chi connectivity index (χ1v) is 14.5. The largest absolute Gasteiger partial charge is 0.444 e. The highest BCUT2D eigenvalue weighted by molar-refractivity contribution is 5.98. The number of non-ortho nitro benzene ring substituents is 1. The second-order valence-electron chi connectivity index (χ2n) is 13.1. The van der Waals surface area contributed by atoms with Gasteiger partial charge in [0.1, 0.15) is 28.4 Å². The number of nitrogens with zero attached hydrogens (tertiary/aromatic N) is 2. The molecule has 1 aromatic rings. The highest BCUT2D eigenvalue weighted by Crippen LogP contribution is 2.59. The summed E-state index contributed by atoms with van der Waals surface area (Å²) in [6.45, 7) is 16.4. The minimum atomic E-state index is -1.10. The van der Waals surface area contributed by atoms with Crippen LogP contribution in [0.2, 0.25) is 0 Å². The maximum Gasteiger partial charge on any atom is 0.412 e. The fourth-order valence-electron chi connectivity index (χ4n) is 6.29. The number of aliphatic hydroxyl groups is 1. The zero-order valence-corrected chi connectivity index (χ0v) is 27.4. The average Bonchev–Trinajstić information content (AvgIpc) is 3.08. The maximum atomic E-state index is 13.8. The van der Waals surface area contributed by atoms with E-state index in [1.165, 1.54) is 12.1 Å². The number of nitro groups is 1. The summed E-state index contributed by atoms with van der Waals surface area (Å²) in [5, 5.41) is 23.8. The zero-order chi connectivity index (χ0) is 30.5. The fraction of sp³-hybridized carbons (Fsp3) is 0.714. The number of hydrogen-bond donors (Lipinski definition) is 2. The van der Waals surface area contributed by atoms with Crippen LogP contribution >= 0.6 is 0 Å². The van der Waals surface area contributed by atoms with Gasteiger partial charge in [-0.2, -0.15) is 0 Å². The number of nitrogens with one attached hydrogen (secondary N) is 1. The van der Waals surface area contributed by atoms with E-state index in [9.17, 15) is 24.8 Å². The van der Waals surface area contributed by atoms with Crippen LogP contribution in [0.1, 0.15) is 73.8 Å². The summed E-state index contributed by atoms with van der Waals surface area (Å²) in [6.07, 6.45) is -0.301. The van der Waals surface area contributed by atoms with Crippen molar-refractivity contribution in [3.8, 4) is 0 Å². The average molecular weight is 582 g/mol. The Morgan fingerprint density at radius 3 is 2.25 bits per heavy atom. The number of rotatable bonds is 10. The van der Waals surface area contributed by atoms with Gasteiger partial charge in [0.25, 0.3) is 5.69 Å². The fourth-order valence-corrected chi connectivity index (χ4v) is 7.37. The van der Waals surface area contributed by atoms with Crippen molar-refractivity contribution in [1.29, 1.82) is 0 Å². The summed E-state index contributed by atoms with van der Waals surface area (Å²) < 4.78 is 17.6. The molecule has 11 nitrogen and oxygen atoms in total. The molecular formula is C28H47N3O8Si. The topological polar surface area (TPSA) is 140 Å². The summed E-state index contributed by atoms with van der Waals surface area (Å²) in [7, 11) is 0.313. The number of amides is 2. The number of benzene rings is 1. The monoisotopic (exact) mass is 581 g/mol. The van der Waals surface area contributed by atoms with Crippen molar-refractivity contribution in [1.82, 2.24) is 10.2 Å². The lowest BCUT2D eigenvalue weighted by atomic mass is 9.61.